The average molecular weight is 270 g/mol. The van der Waals surface area contributed by atoms with Gasteiger partial charge in [-0.25, -0.2) is 4.39 Å². The number of hydrogen-bond acceptors (Lipinski definition) is 4. The summed E-state index contributed by atoms with van der Waals surface area (Å²) in [6, 6.07) is 7.48. The number of nitriles is 1. The summed E-state index contributed by atoms with van der Waals surface area (Å²) < 4.78 is 13.3. The largest absolute Gasteiger partial charge is 0.396 e. The van der Waals surface area contributed by atoms with Gasteiger partial charge in [-0.2, -0.15) is 5.26 Å². The molecule has 2 aromatic rings. The van der Waals surface area contributed by atoms with Crippen LogP contribution in [0.2, 0.25) is 0 Å². The van der Waals surface area contributed by atoms with E-state index in [-0.39, 0.29) is 6.04 Å². The summed E-state index contributed by atoms with van der Waals surface area (Å²) in [5, 5.41) is 13.1. The minimum atomic E-state index is -0.739. The smallest absolute Gasteiger partial charge is 0.102 e. The van der Waals surface area contributed by atoms with E-state index in [1.807, 2.05) is 0 Å². The molecule has 1 saturated carbocycles. The fourth-order valence-corrected chi connectivity index (χ4v) is 2.70. The number of nitrogens with one attached hydrogen (secondary N) is 1. The normalized spacial score (nSPS) is 21.8. The quantitative estimate of drug-likeness (QED) is 0.879. The molecule has 5 heteroatoms. The van der Waals surface area contributed by atoms with E-state index in [9.17, 15) is 4.39 Å². The first-order valence-electron chi connectivity index (χ1n) is 6.66. The first kappa shape index (κ1) is 12.7. The molecule has 0 aliphatic heterocycles. The molecule has 0 radical (unpaired) electrons. The fraction of sp³-hybridized carbons (Fsp3) is 0.333. The lowest BCUT2D eigenvalue weighted by Crippen LogP contribution is -2.17. The highest BCUT2D eigenvalue weighted by Gasteiger charge is 2.25. The lowest BCUT2D eigenvalue weighted by atomic mass is 10.1. The summed E-state index contributed by atoms with van der Waals surface area (Å²) in [6.07, 6.45) is 2.74. The Kier molecular flexibility index (Phi) is 3.15. The van der Waals surface area contributed by atoms with E-state index in [4.69, 9.17) is 11.0 Å². The minimum Gasteiger partial charge on any atom is -0.396 e. The van der Waals surface area contributed by atoms with Crippen LogP contribution in [0.3, 0.4) is 0 Å². The van der Waals surface area contributed by atoms with Gasteiger partial charge in [0.1, 0.15) is 6.17 Å². The van der Waals surface area contributed by atoms with E-state index < -0.39 is 6.17 Å². The number of nitrogen functional groups attached to an aromatic ring is 1. The van der Waals surface area contributed by atoms with E-state index in [0.717, 1.165) is 23.0 Å². The molecular formula is C15H15FN4. The molecule has 0 bridgehead atoms. The number of pyridine rings is 1. The number of halogens is 1. The lowest BCUT2D eigenvalue weighted by Gasteiger charge is -2.17. The molecule has 20 heavy (non-hydrogen) atoms. The second-order valence-electron chi connectivity index (χ2n) is 5.18. The van der Waals surface area contributed by atoms with Crippen LogP contribution in [0.1, 0.15) is 24.8 Å². The molecule has 3 N–H and O–H groups in total. The molecule has 0 amide bonds. The number of nitrogens with two attached hydrogens (primary N) is 1. The van der Waals surface area contributed by atoms with Gasteiger partial charge in [0.15, 0.2) is 0 Å². The topological polar surface area (TPSA) is 74.7 Å². The van der Waals surface area contributed by atoms with Gasteiger partial charge in [0.25, 0.3) is 0 Å². The second kappa shape index (κ2) is 4.97. The summed E-state index contributed by atoms with van der Waals surface area (Å²) in [5.41, 5.74) is 8.60. The fourth-order valence-electron chi connectivity index (χ4n) is 2.70. The third-order valence-electron chi connectivity index (χ3n) is 3.74. The van der Waals surface area contributed by atoms with Gasteiger partial charge in [-0.1, -0.05) is 0 Å². The molecular weight excluding hydrogens is 255 g/mol. The zero-order chi connectivity index (χ0) is 14.1. The molecule has 1 aliphatic carbocycles. The SMILES string of the molecule is N#Cc1ccc2ncc(N)c(N[C@@H]3CC[C@H](F)C3)c2c1. The van der Waals surface area contributed by atoms with Gasteiger partial charge in [0.2, 0.25) is 0 Å². The highest BCUT2D eigenvalue weighted by atomic mass is 19.1. The van der Waals surface area contributed by atoms with Crippen molar-refractivity contribution < 1.29 is 4.39 Å². The molecule has 1 aliphatic rings. The third kappa shape index (κ3) is 2.25. The Morgan fingerprint density at radius 3 is 2.95 bits per heavy atom. The van der Waals surface area contributed by atoms with Gasteiger partial charge in [-0.05, 0) is 37.5 Å². The summed E-state index contributed by atoms with van der Waals surface area (Å²) >= 11 is 0. The van der Waals surface area contributed by atoms with Crippen molar-refractivity contribution in [3.63, 3.8) is 0 Å². The number of fused-ring (bicyclic) bond motifs is 1. The second-order valence-corrected chi connectivity index (χ2v) is 5.18. The first-order chi connectivity index (χ1) is 9.67. The van der Waals surface area contributed by atoms with Gasteiger partial charge < -0.3 is 11.1 Å². The van der Waals surface area contributed by atoms with Crippen molar-refractivity contribution in [1.29, 1.82) is 5.26 Å². The number of aromatic nitrogens is 1. The van der Waals surface area contributed by atoms with E-state index in [0.29, 0.717) is 24.1 Å². The van der Waals surface area contributed by atoms with Crippen LogP contribution < -0.4 is 11.1 Å². The van der Waals surface area contributed by atoms with Crippen LogP contribution in [0.15, 0.2) is 24.4 Å². The molecule has 102 valence electrons. The van der Waals surface area contributed by atoms with E-state index in [2.05, 4.69) is 16.4 Å². The molecule has 2 atom stereocenters. The molecule has 0 unspecified atom stereocenters. The summed E-state index contributed by atoms with van der Waals surface area (Å²) in [5.74, 6) is 0. The Balaban J connectivity index is 2.03. The van der Waals surface area contributed by atoms with Crippen LogP contribution in [-0.4, -0.2) is 17.2 Å². The maximum absolute atomic E-state index is 13.3. The zero-order valence-corrected chi connectivity index (χ0v) is 10.9. The number of rotatable bonds is 2. The van der Waals surface area contributed by atoms with Crippen molar-refractivity contribution in [2.24, 2.45) is 0 Å². The summed E-state index contributed by atoms with van der Waals surface area (Å²) in [4.78, 5) is 4.26. The standard InChI is InChI=1S/C15H15FN4/c16-10-2-3-11(6-10)20-15-12-5-9(7-17)1-4-14(12)19-8-13(15)18/h1,4-5,8,10-11H,2-3,6,18H2,(H,19,20)/t10-,11+/m0/s1. The summed E-state index contributed by atoms with van der Waals surface area (Å²) in [7, 11) is 0. The highest BCUT2D eigenvalue weighted by Crippen LogP contribution is 2.32. The van der Waals surface area contributed by atoms with E-state index in [1.54, 1.807) is 24.4 Å². The Morgan fingerprint density at radius 2 is 2.25 bits per heavy atom. The monoisotopic (exact) mass is 270 g/mol. The Morgan fingerprint density at radius 1 is 1.40 bits per heavy atom. The van der Waals surface area contributed by atoms with Crippen molar-refractivity contribution in [1.82, 2.24) is 4.98 Å². The van der Waals surface area contributed by atoms with Gasteiger partial charge in [-0.3, -0.25) is 4.98 Å². The van der Waals surface area contributed by atoms with Crippen molar-refractivity contribution in [3.05, 3.63) is 30.0 Å². The molecule has 1 heterocycles. The molecule has 1 fully saturated rings. The van der Waals surface area contributed by atoms with Gasteiger partial charge in [0.05, 0.1) is 34.7 Å². The average Bonchev–Trinajstić information content (AvgIpc) is 2.87. The van der Waals surface area contributed by atoms with E-state index in [1.165, 1.54) is 0 Å². The lowest BCUT2D eigenvalue weighted by molar-refractivity contribution is 0.341. The number of anilines is 2. The van der Waals surface area contributed by atoms with Gasteiger partial charge >= 0.3 is 0 Å². The van der Waals surface area contributed by atoms with Crippen molar-refractivity contribution >= 4 is 22.3 Å². The van der Waals surface area contributed by atoms with Crippen LogP contribution in [0, 0.1) is 11.3 Å². The molecule has 0 spiro atoms. The van der Waals surface area contributed by atoms with Crippen LogP contribution in [0.25, 0.3) is 10.9 Å². The molecule has 3 rings (SSSR count). The predicted molar refractivity (Wildman–Crippen MR) is 77.0 cm³/mol. The summed E-state index contributed by atoms with van der Waals surface area (Å²) in [6.45, 7) is 0. The van der Waals surface area contributed by atoms with Crippen molar-refractivity contribution in [2.75, 3.05) is 11.1 Å². The number of alkyl halides is 1. The van der Waals surface area contributed by atoms with E-state index >= 15 is 0 Å². The third-order valence-corrected chi connectivity index (χ3v) is 3.74. The number of nitrogens with zero attached hydrogens (tertiary/aromatic N) is 2. The maximum atomic E-state index is 13.3. The van der Waals surface area contributed by atoms with Gasteiger partial charge in [0, 0.05) is 11.4 Å². The van der Waals surface area contributed by atoms with Gasteiger partial charge in [-0.15, -0.1) is 0 Å². The van der Waals surface area contributed by atoms with Crippen molar-refractivity contribution in [2.45, 2.75) is 31.5 Å². The Labute approximate surface area is 116 Å². The zero-order valence-electron chi connectivity index (χ0n) is 10.9. The molecule has 0 saturated heterocycles. The maximum Gasteiger partial charge on any atom is 0.102 e. The molecule has 1 aromatic heterocycles. The predicted octanol–water partition coefficient (Wildman–Crippen LogP) is 2.99. The highest BCUT2D eigenvalue weighted by molar-refractivity contribution is 5.97. The number of hydrogen-bond donors (Lipinski definition) is 2. The minimum absolute atomic E-state index is 0.0867. The first-order valence-corrected chi connectivity index (χ1v) is 6.66. The molecule has 1 aromatic carbocycles. The van der Waals surface area contributed by atoms with Crippen LogP contribution in [0.4, 0.5) is 15.8 Å². The van der Waals surface area contributed by atoms with Crippen LogP contribution in [-0.2, 0) is 0 Å². The van der Waals surface area contributed by atoms with Crippen molar-refractivity contribution in [3.8, 4) is 6.07 Å². The van der Waals surface area contributed by atoms with Crippen LogP contribution in [0.5, 0.6) is 0 Å². The molecule has 4 nitrogen and oxygen atoms in total. The van der Waals surface area contributed by atoms with Crippen LogP contribution >= 0.6 is 0 Å². The Hall–Kier alpha value is -2.35. The Bertz CT molecular complexity index is 692. The number of benzene rings is 1.